The Kier molecular flexibility index (Phi) is 4.11. The molecular weight excluding hydrogens is 256 g/mol. The van der Waals surface area contributed by atoms with E-state index in [-0.39, 0.29) is 18.1 Å². The molecular formula is C11H16N2O4S. The molecule has 0 aromatic carbocycles. The number of nitrogens with zero attached hydrogens (tertiary/aromatic N) is 1. The van der Waals surface area contributed by atoms with Gasteiger partial charge in [0.2, 0.25) is 0 Å². The number of thioether (sulfide) groups is 1. The zero-order valence-corrected chi connectivity index (χ0v) is 10.7. The van der Waals surface area contributed by atoms with Crippen molar-refractivity contribution in [3.63, 3.8) is 0 Å². The minimum Gasteiger partial charge on any atom is -0.481 e. The van der Waals surface area contributed by atoms with Gasteiger partial charge in [-0.3, -0.25) is 4.79 Å². The average molecular weight is 272 g/mol. The Balaban J connectivity index is 2.04. The molecule has 2 aliphatic heterocycles. The Morgan fingerprint density at radius 3 is 3.11 bits per heavy atom. The number of urea groups is 1. The van der Waals surface area contributed by atoms with Crippen LogP contribution < -0.4 is 5.32 Å². The molecule has 2 fully saturated rings. The molecule has 0 aromatic rings. The second-order valence-electron chi connectivity index (χ2n) is 4.55. The summed E-state index contributed by atoms with van der Waals surface area (Å²) in [7, 11) is 0. The fraction of sp³-hybridized carbons (Fsp3) is 0.727. The predicted octanol–water partition coefficient (Wildman–Crippen LogP) is 0.523. The first kappa shape index (κ1) is 13.2. The Labute approximate surface area is 109 Å². The Morgan fingerprint density at radius 1 is 1.67 bits per heavy atom. The third kappa shape index (κ3) is 2.45. The van der Waals surface area contributed by atoms with Gasteiger partial charge in [0.15, 0.2) is 0 Å². The van der Waals surface area contributed by atoms with E-state index < -0.39 is 11.9 Å². The average Bonchev–Trinajstić information content (AvgIpc) is 2.89. The Bertz CT molecular complexity index is 363. The smallest absolute Gasteiger partial charge is 0.318 e. The van der Waals surface area contributed by atoms with Gasteiger partial charge < -0.3 is 20.1 Å². The van der Waals surface area contributed by atoms with Crippen LogP contribution >= 0.6 is 11.8 Å². The van der Waals surface area contributed by atoms with Crippen LogP contribution in [0.3, 0.4) is 0 Å². The van der Waals surface area contributed by atoms with Crippen LogP contribution in [0.5, 0.6) is 0 Å². The largest absolute Gasteiger partial charge is 0.481 e. The van der Waals surface area contributed by atoms with Gasteiger partial charge >= 0.3 is 12.0 Å². The van der Waals surface area contributed by atoms with Gasteiger partial charge in [0, 0.05) is 12.2 Å². The fourth-order valence-corrected chi connectivity index (χ4v) is 3.77. The quantitative estimate of drug-likeness (QED) is 0.544. The molecule has 0 spiro atoms. The van der Waals surface area contributed by atoms with Gasteiger partial charge in [-0.05, 0) is 12.8 Å². The lowest BCUT2D eigenvalue weighted by molar-refractivity contribution is -0.143. The van der Waals surface area contributed by atoms with Gasteiger partial charge in [0.25, 0.3) is 0 Å². The van der Waals surface area contributed by atoms with E-state index >= 15 is 0 Å². The van der Waals surface area contributed by atoms with Crippen LogP contribution in [0.25, 0.3) is 0 Å². The summed E-state index contributed by atoms with van der Waals surface area (Å²) >= 11 is 1.65. The van der Waals surface area contributed by atoms with Crippen LogP contribution in [0, 0.1) is 5.92 Å². The number of nitrogens with one attached hydrogen (secondary N) is 1. The fourth-order valence-electron chi connectivity index (χ4n) is 2.53. The molecule has 0 aliphatic carbocycles. The molecule has 0 bridgehead atoms. The van der Waals surface area contributed by atoms with E-state index in [9.17, 15) is 19.5 Å². The van der Waals surface area contributed by atoms with Crippen molar-refractivity contribution in [2.75, 3.05) is 11.6 Å². The van der Waals surface area contributed by atoms with E-state index in [2.05, 4.69) is 5.32 Å². The molecule has 2 aliphatic rings. The van der Waals surface area contributed by atoms with Gasteiger partial charge in [-0.15, -0.1) is 11.8 Å². The molecule has 18 heavy (non-hydrogen) atoms. The molecule has 2 amide bonds. The molecule has 6 nitrogen and oxygen atoms in total. The molecule has 3 atom stereocenters. The standard InChI is InChI=1S/C11H16N2O4S/c14-4-2-1-3-7(10(15)16)9-8-5-18-6-13(8)11(17)12-9/h4,7-9H,1-3,5-6H2,(H,12,17)(H,15,16). The van der Waals surface area contributed by atoms with Crippen LogP contribution in [0.1, 0.15) is 19.3 Å². The first-order valence-corrected chi connectivity index (χ1v) is 7.12. The zero-order chi connectivity index (χ0) is 13.1. The third-order valence-corrected chi connectivity index (χ3v) is 4.51. The minimum absolute atomic E-state index is 0.0279. The van der Waals surface area contributed by atoms with Crippen LogP contribution in [0.4, 0.5) is 4.79 Å². The van der Waals surface area contributed by atoms with Crippen molar-refractivity contribution in [2.45, 2.75) is 31.3 Å². The van der Waals surface area contributed by atoms with Gasteiger partial charge in [-0.1, -0.05) is 0 Å². The summed E-state index contributed by atoms with van der Waals surface area (Å²) in [5.41, 5.74) is 0. The van der Waals surface area contributed by atoms with Crippen LogP contribution in [0.15, 0.2) is 0 Å². The molecule has 3 unspecified atom stereocenters. The number of hydrogen-bond acceptors (Lipinski definition) is 4. The summed E-state index contributed by atoms with van der Waals surface area (Å²) in [5, 5.41) is 12.0. The van der Waals surface area contributed by atoms with E-state index in [0.29, 0.717) is 25.1 Å². The highest BCUT2D eigenvalue weighted by Crippen LogP contribution is 2.32. The maximum Gasteiger partial charge on any atom is 0.318 e. The molecule has 2 N–H and O–H groups in total. The van der Waals surface area contributed by atoms with E-state index in [0.717, 1.165) is 12.0 Å². The molecule has 0 saturated carbocycles. The Morgan fingerprint density at radius 2 is 2.44 bits per heavy atom. The van der Waals surface area contributed by atoms with E-state index in [1.165, 1.54) is 0 Å². The lowest BCUT2D eigenvalue weighted by Gasteiger charge is -2.23. The number of amides is 2. The topological polar surface area (TPSA) is 86.7 Å². The van der Waals surface area contributed by atoms with Crippen molar-refractivity contribution in [3.8, 4) is 0 Å². The number of carbonyl (C=O) groups excluding carboxylic acids is 2. The normalized spacial score (nSPS) is 27.8. The van der Waals surface area contributed by atoms with Gasteiger partial charge in [0.1, 0.15) is 6.29 Å². The predicted molar refractivity (Wildman–Crippen MR) is 66.3 cm³/mol. The molecule has 7 heteroatoms. The highest BCUT2D eigenvalue weighted by molar-refractivity contribution is 7.99. The second-order valence-corrected chi connectivity index (χ2v) is 5.55. The molecule has 0 radical (unpaired) electrons. The molecule has 2 saturated heterocycles. The highest BCUT2D eigenvalue weighted by atomic mass is 32.2. The first-order chi connectivity index (χ1) is 8.65. The summed E-state index contributed by atoms with van der Waals surface area (Å²) in [5.74, 6) is -0.0956. The molecule has 0 aromatic heterocycles. The van der Waals surface area contributed by atoms with Crippen molar-refractivity contribution < 1.29 is 19.5 Å². The number of aldehydes is 1. The van der Waals surface area contributed by atoms with Crippen LogP contribution in [0.2, 0.25) is 0 Å². The van der Waals surface area contributed by atoms with Crippen molar-refractivity contribution in [1.82, 2.24) is 10.2 Å². The third-order valence-electron chi connectivity index (χ3n) is 3.47. The van der Waals surface area contributed by atoms with E-state index in [4.69, 9.17) is 0 Å². The highest BCUT2D eigenvalue weighted by Gasteiger charge is 2.47. The summed E-state index contributed by atoms with van der Waals surface area (Å²) < 4.78 is 0. The second kappa shape index (κ2) is 5.60. The van der Waals surface area contributed by atoms with Crippen molar-refractivity contribution in [3.05, 3.63) is 0 Å². The SMILES string of the molecule is O=CCCCC(C(=O)O)C1NC(=O)N2CSCC12. The minimum atomic E-state index is -0.898. The lowest BCUT2D eigenvalue weighted by Crippen LogP contribution is -2.43. The molecule has 100 valence electrons. The summed E-state index contributed by atoms with van der Waals surface area (Å²) in [4.78, 5) is 35.0. The van der Waals surface area contributed by atoms with E-state index in [1.807, 2.05) is 0 Å². The van der Waals surface area contributed by atoms with Gasteiger partial charge in [-0.2, -0.15) is 0 Å². The number of carboxylic acids is 1. The number of carboxylic acid groups (broad SMARTS) is 1. The lowest BCUT2D eigenvalue weighted by atomic mass is 9.90. The van der Waals surface area contributed by atoms with Gasteiger partial charge in [0.05, 0.1) is 23.9 Å². The molecule has 2 heterocycles. The number of aliphatic carboxylic acids is 1. The summed E-state index contributed by atoms with van der Waals surface area (Å²) in [6.07, 6.45) is 2.14. The number of carbonyl (C=O) groups is 3. The Hall–Kier alpha value is -1.24. The van der Waals surface area contributed by atoms with Crippen LogP contribution in [-0.4, -0.2) is 52.0 Å². The number of fused-ring (bicyclic) bond motifs is 1. The van der Waals surface area contributed by atoms with Crippen molar-refractivity contribution >= 4 is 30.0 Å². The summed E-state index contributed by atoms with van der Waals surface area (Å²) in [6, 6.07) is -0.534. The van der Waals surface area contributed by atoms with E-state index in [1.54, 1.807) is 16.7 Å². The maximum atomic E-state index is 11.7. The number of rotatable bonds is 6. The van der Waals surface area contributed by atoms with Crippen molar-refractivity contribution in [1.29, 1.82) is 0 Å². The van der Waals surface area contributed by atoms with Crippen LogP contribution in [-0.2, 0) is 9.59 Å². The summed E-state index contributed by atoms with van der Waals surface area (Å²) in [6.45, 7) is 0. The monoisotopic (exact) mass is 272 g/mol. The number of hydrogen-bond donors (Lipinski definition) is 2. The number of unbranched alkanes of at least 4 members (excludes halogenated alkanes) is 1. The first-order valence-electron chi connectivity index (χ1n) is 5.96. The zero-order valence-electron chi connectivity index (χ0n) is 9.87. The molecule has 2 rings (SSSR count). The van der Waals surface area contributed by atoms with Crippen molar-refractivity contribution in [2.24, 2.45) is 5.92 Å². The maximum absolute atomic E-state index is 11.7. The van der Waals surface area contributed by atoms with Gasteiger partial charge in [-0.25, -0.2) is 4.79 Å².